The van der Waals surface area contributed by atoms with Gasteiger partial charge in [-0.1, -0.05) is 22.9 Å². The van der Waals surface area contributed by atoms with E-state index in [1.807, 2.05) is 24.3 Å². The predicted octanol–water partition coefficient (Wildman–Crippen LogP) is 4.85. The number of carbonyl (C=O) groups is 2. The van der Waals surface area contributed by atoms with Crippen molar-refractivity contribution in [2.45, 2.75) is 38.7 Å². The van der Waals surface area contributed by atoms with Crippen LogP contribution in [0.1, 0.15) is 53.3 Å². The van der Waals surface area contributed by atoms with Crippen molar-refractivity contribution in [2.24, 2.45) is 5.92 Å². The number of benzene rings is 2. The number of amides is 2. The van der Waals surface area contributed by atoms with E-state index >= 15 is 0 Å². The molecule has 2 N–H and O–H groups in total. The fourth-order valence-electron chi connectivity index (χ4n) is 4.23. The molecule has 0 saturated carbocycles. The van der Waals surface area contributed by atoms with Crippen LogP contribution < -0.4 is 15.5 Å². The Morgan fingerprint density at radius 2 is 1.81 bits per heavy atom. The molecule has 2 aromatic carbocycles. The highest BCUT2D eigenvalue weighted by atomic mass is 79.9. The topological polar surface area (TPSA) is 70.7 Å². The minimum absolute atomic E-state index is 0.0820. The van der Waals surface area contributed by atoms with E-state index < -0.39 is 0 Å². The maximum Gasteiger partial charge on any atom is 0.255 e. The second kappa shape index (κ2) is 10.5. The molecule has 2 amide bonds. The number of rotatable bonds is 6. The van der Waals surface area contributed by atoms with Gasteiger partial charge in [-0.3, -0.25) is 9.59 Å². The smallest absolute Gasteiger partial charge is 0.255 e. The van der Waals surface area contributed by atoms with E-state index in [2.05, 4.69) is 38.4 Å². The van der Waals surface area contributed by atoms with Gasteiger partial charge >= 0.3 is 0 Å². The molecule has 2 aromatic rings. The first-order chi connectivity index (χ1) is 15.5. The summed E-state index contributed by atoms with van der Waals surface area (Å²) in [6.07, 6.45) is 4.31. The van der Waals surface area contributed by atoms with Gasteiger partial charge in [0.15, 0.2) is 0 Å². The standard InChI is InChI=1S/C25H30BrN3O3/c1-17-10-12-29(13-11-17)23-9-8-20(28-24(30)18-4-6-19(26)7-5-18)15-22(23)25(31)27-16-21-3-2-14-32-21/h4-9,15,17,21H,2-3,10-14,16H2,1H3,(H,27,31)(H,28,30). The van der Waals surface area contributed by atoms with E-state index in [1.54, 1.807) is 18.2 Å². The van der Waals surface area contributed by atoms with E-state index in [0.29, 0.717) is 29.3 Å². The molecule has 2 aliphatic rings. The number of anilines is 2. The second-order valence-corrected chi connectivity index (χ2v) is 9.62. The van der Waals surface area contributed by atoms with Gasteiger partial charge in [0, 0.05) is 47.7 Å². The Kier molecular flexibility index (Phi) is 7.48. The molecular weight excluding hydrogens is 470 g/mol. The minimum atomic E-state index is -0.206. The largest absolute Gasteiger partial charge is 0.376 e. The van der Waals surface area contributed by atoms with Crippen LogP contribution in [0.2, 0.25) is 0 Å². The molecule has 2 saturated heterocycles. The average molecular weight is 500 g/mol. The predicted molar refractivity (Wildman–Crippen MR) is 130 cm³/mol. The molecule has 32 heavy (non-hydrogen) atoms. The summed E-state index contributed by atoms with van der Waals surface area (Å²) in [4.78, 5) is 28.1. The van der Waals surface area contributed by atoms with Crippen molar-refractivity contribution in [1.82, 2.24) is 5.32 Å². The van der Waals surface area contributed by atoms with Crippen molar-refractivity contribution in [1.29, 1.82) is 0 Å². The highest BCUT2D eigenvalue weighted by Gasteiger charge is 2.23. The summed E-state index contributed by atoms with van der Waals surface area (Å²) in [5.41, 5.74) is 2.68. The number of nitrogens with one attached hydrogen (secondary N) is 2. The first kappa shape index (κ1) is 22.8. The van der Waals surface area contributed by atoms with Gasteiger partial charge in [0.25, 0.3) is 11.8 Å². The van der Waals surface area contributed by atoms with Crippen LogP contribution in [-0.2, 0) is 4.74 Å². The van der Waals surface area contributed by atoms with E-state index in [4.69, 9.17) is 4.74 Å². The molecule has 170 valence electrons. The van der Waals surface area contributed by atoms with Crippen molar-refractivity contribution in [3.63, 3.8) is 0 Å². The van der Waals surface area contributed by atoms with Crippen LogP contribution in [0.5, 0.6) is 0 Å². The Morgan fingerprint density at radius 3 is 2.50 bits per heavy atom. The Hall–Kier alpha value is -2.38. The Labute approximate surface area is 197 Å². The lowest BCUT2D eigenvalue weighted by molar-refractivity contribution is 0.0858. The zero-order valence-electron chi connectivity index (χ0n) is 18.4. The van der Waals surface area contributed by atoms with Crippen LogP contribution >= 0.6 is 15.9 Å². The van der Waals surface area contributed by atoms with Crippen molar-refractivity contribution < 1.29 is 14.3 Å². The summed E-state index contributed by atoms with van der Waals surface area (Å²) < 4.78 is 6.56. The van der Waals surface area contributed by atoms with Gasteiger partial charge in [-0.2, -0.15) is 0 Å². The third-order valence-corrected chi connectivity index (χ3v) is 6.77. The molecule has 0 aliphatic carbocycles. The zero-order valence-corrected chi connectivity index (χ0v) is 20.0. The molecule has 2 fully saturated rings. The molecule has 7 heteroatoms. The van der Waals surface area contributed by atoms with Crippen LogP contribution in [-0.4, -0.2) is 44.2 Å². The van der Waals surface area contributed by atoms with Gasteiger partial charge in [0.05, 0.1) is 11.7 Å². The average Bonchev–Trinajstić information content (AvgIpc) is 3.32. The first-order valence-electron chi connectivity index (χ1n) is 11.4. The van der Waals surface area contributed by atoms with Crippen molar-refractivity contribution >= 4 is 39.1 Å². The summed E-state index contributed by atoms with van der Waals surface area (Å²) >= 11 is 3.39. The van der Waals surface area contributed by atoms with E-state index in [9.17, 15) is 9.59 Å². The SMILES string of the molecule is CC1CCN(c2ccc(NC(=O)c3ccc(Br)cc3)cc2C(=O)NCC2CCCO2)CC1. The molecule has 0 radical (unpaired) electrons. The molecule has 0 spiro atoms. The van der Waals surface area contributed by atoms with E-state index in [-0.39, 0.29) is 17.9 Å². The molecule has 6 nitrogen and oxygen atoms in total. The third kappa shape index (κ3) is 5.70. The fourth-order valence-corrected chi connectivity index (χ4v) is 4.50. The summed E-state index contributed by atoms with van der Waals surface area (Å²) in [6, 6.07) is 12.8. The summed E-state index contributed by atoms with van der Waals surface area (Å²) in [5, 5.41) is 5.97. The van der Waals surface area contributed by atoms with E-state index in [0.717, 1.165) is 55.5 Å². The highest BCUT2D eigenvalue weighted by Crippen LogP contribution is 2.29. The molecule has 4 rings (SSSR count). The molecule has 2 heterocycles. The molecule has 0 bridgehead atoms. The first-order valence-corrected chi connectivity index (χ1v) is 12.1. The van der Waals surface area contributed by atoms with E-state index in [1.165, 1.54) is 0 Å². The lowest BCUT2D eigenvalue weighted by Crippen LogP contribution is -2.36. The Balaban J connectivity index is 1.53. The molecule has 2 aliphatic heterocycles. The zero-order chi connectivity index (χ0) is 22.5. The van der Waals surface area contributed by atoms with Crippen molar-refractivity contribution in [3.8, 4) is 0 Å². The lowest BCUT2D eigenvalue weighted by Gasteiger charge is -2.33. The Morgan fingerprint density at radius 1 is 1.06 bits per heavy atom. The van der Waals surface area contributed by atoms with Crippen LogP contribution in [0.3, 0.4) is 0 Å². The lowest BCUT2D eigenvalue weighted by atomic mass is 9.97. The van der Waals surface area contributed by atoms with Gasteiger partial charge in [0.2, 0.25) is 0 Å². The molecular formula is C25H30BrN3O3. The monoisotopic (exact) mass is 499 g/mol. The normalized spacial score (nSPS) is 19.1. The van der Waals surface area contributed by atoms with Crippen LogP contribution in [0, 0.1) is 5.92 Å². The van der Waals surface area contributed by atoms with Crippen molar-refractivity contribution in [2.75, 3.05) is 36.5 Å². The maximum atomic E-state index is 13.2. The molecule has 1 atom stereocenters. The molecule has 0 aromatic heterocycles. The van der Waals surface area contributed by atoms with Gasteiger partial charge in [0.1, 0.15) is 0 Å². The van der Waals surface area contributed by atoms with Crippen LogP contribution in [0.25, 0.3) is 0 Å². The summed E-state index contributed by atoms with van der Waals surface area (Å²) in [5.74, 6) is 0.365. The van der Waals surface area contributed by atoms with Crippen molar-refractivity contribution in [3.05, 3.63) is 58.1 Å². The van der Waals surface area contributed by atoms with Crippen LogP contribution in [0.15, 0.2) is 46.9 Å². The Bertz CT molecular complexity index is 949. The van der Waals surface area contributed by atoms with Gasteiger partial charge < -0.3 is 20.3 Å². The number of hydrogen-bond donors (Lipinski definition) is 2. The summed E-state index contributed by atoms with van der Waals surface area (Å²) in [7, 11) is 0. The highest BCUT2D eigenvalue weighted by molar-refractivity contribution is 9.10. The number of carbonyl (C=O) groups excluding carboxylic acids is 2. The molecule has 1 unspecified atom stereocenters. The number of nitrogens with zero attached hydrogens (tertiary/aromatic N) is 1. The quantitative estimate of drug-likeness (QED) is 0.595. The van der Waals surface area contributed by atoms with Gasteiger partial charge in [-0.25, -0.2) is 0 Å². The number of halogens is 1. The number of piperidine rings is 1. The summed E-state index contributed by atoms with van der Waals surface area (Å²) in [6.45, 7) is 5.39. The number of hydrogen-bond acceptors (Lipinski definition) is 4. The number of ether oxygens (including phenoxy) is 1. The third-order valence-electron chi connectivity index (χ3n) is 6.24. The fraction of sp³-hybridized carbons (Fsp3) is 0.440. The van der Waals surface area contributed by atoms with Gasteiger partial charge in [-0.15, -0.1) is 0 Å². The maximum absolute atomic E-state index is 13.2. The van der Waals surface area contributed by atoms with Crippen LogP contribution in [0.4, 0.5) is 11.4 Å². The second-order valence-electron chi connectivity index (χ2n) is 8.71. The van der Waals surface area contributed by atoms with Gasteiger partial charge in [-0.05, 0) is 74.1 Å². The minimum Gasteiger partial charge on any atom is -0.376 e.